The fraction of sp³-hybridized carbons (Fsp3) is 0.643. The van der Waals surface area contributed by atoms with Crippen LogP contribution in [0.15, 0.2) is 16.8 Å². The zero-order valence-corrected chi connectivity index (χ0v) is 12.3. The minimum absolute atomic E-state index is 0.107. The third kappa shape index (κ3) is 2.42. The molecular formula is C14H20N4O3. The molecule has 0 aliphatic carbocycles. The van der Waals surface area contributed by atoms with E-state index in [1.54, 1.807) is 6.20 Å². The number of aromatic nitrogens is 1. The number of hydrogen-bond donors (Lipinski definition) is 1. The topological polar surface area (TPSA) is 78.7 Å². The SMILES string of the molecule is CN1C(=O)N[C@@](C)([C@@H]2CCCN(Cc3ccno3)C2)C1=O. The van der Waals surface area contributed by atoms with Gasteiger partial charge in [-0.05, 0) is 26.3 Å². The second kappa shape index (κ2) is 5.14. The first-order valence-corrected chi connectivity index (χ1v) is 7.23. The highest BCUT2D eigenvalue weighted by Crippen LogP contribution is 2.32. The first kappa shape index (κ1) is 14.1. The van der Waals surface area contributed by atoms with Crippen molar-refractivity contribution in [1.82, 2.24) is 20.3 Å². The molecule has 1 aromatic heterocycles. The van der Waals surface area contributed by atoms with Crippen LogP contribution in [0.1, 0.15) is 25.5 Å². The monoisotopic (exact) mass is 292 g/mol. The maximum Gasteiger partial charge on any atom is 0.324 e. The van der Waals surface area contributed by atoms with Crippen LogP contribution < -0.4 is 5.32 Å². The molecule has 1 aromatic rings. The normalized spacial score (nSPS) is 30.8. The Bertz CT molecular complexity index is 544. The fourth-order valence-corrected chi connectivity index (χ4v) is 3.29. The van der Waals surface area contributed by atoms with E-state index in [0.29, 0.717) is 6.54 Å². The van der Waals surface area contributed by atoms with Gasteiger partial charge in [0.05, 0.1) is 12.7 Å². The van der Waals surface area contributed by atoms with Gasteiger partial charge < -0.3 is 9.84 Å². The number of nitrogens with one attached hydrogen (secondary N) is 1. The van der Waals surface area contributed by atoms with E-state index in [9.17, 15) is 9.59 Å². The molecule has 3 rings (SSSR count). The number of imide groups is 1. The summed E-state index contributed by atoms with van der Waals surface area (Å²) in [7, 11) is 1.53. The maximum atomic E-state index is 12.4. The summed E-state index contributed by atoms with van der Waals surface area (Å²) in [4.78, 5) is 27.5. The summed E-state index contributed by atoms with van der Waals surface area (Å²) in [6.45, 7) is 4.24. The lowest BCUT2D eigenvalue weighted by atomic mass is 9.80. The summed E-state index contributed by atoms with van der Waals surface area (Å²) in [5.41, 5.74) is -0.800. The molecule has 0 spiro atoms. The highest BCUT2D eigenvalue weighted by atomic mass is 16.5. The van der Waals surface area contributed by atoms with Gasteiger partial charge in [-0.2, -0.15) is 0 Å². The van der Waals surface area contributed by atoms with Crippen LogP contribution in [0.2, 0.25) is 0 Å². The van der Waals surface area contributed by atoms with Crippen molar-refractivity contribution in [2.75, 3.05) is 20.1 Å². The smallest absolute Gasteiger partial charge is 0.324 e. The van der Waals surface area contributed by atoms with Crippen molar-refractivity contribution in [3.63, 3.8) is 0 Å². The summed E-state index contributed by atoms with van der Waals surface area (Å²) >= 11 is 0. The Kier molecular flexibility index (Phi) is 3.44. The predicted molar refractivity (Wildman–Crippen MR) is 74.2 cm³/mol. The summed E-state index contributed by atoms with van der Waals surface area (Å²) in [6, 6.07) is 1.54. The molecule has 0 unspecified atom stereocenters. The first-order chi connectivity index (χ1) is 10.0. The average Bonchev–Trinajstić information content (AvgIpc) is 3.04. The molecule has 0 radical (unpaired) electrons. The van der Waals surface area contributed by atoms with E-state index in [-0.39, 0.29) is 17.9 Å². The molecule has 2 fully saturated rings. The van der Waals surface area contributed by atoms with Crippen molar-refractivity contribution < 1.29 is 14.1 Å². The van der Waals surface area contributed by atoms with Crippen LogP contribution in [-0.2, 0) is 11.3 Å². The molecule has 0 aromatic carbocycles. The van der Waals surface area contributed by atoms with Gasteiger partial charge in [-0.3, -0.25) is 14.6 Å². The average molecular weight is 292 g/mol. The summed E-state index contributed by atoms with van der Waals surface area (Å²) in [5, 5.41) is 6.56. The van der Waals surface area contributed by atoms with Crippen molar-refractivity contribution in [3.8, 4) is 0 Å². The van der Waals surface area contributed by atoms with Crippen LogP contribution in [0.5, 0.6) is 0 Å². The lowest BCUT2D eigenvalue weighted by molar-refractivity contribution is -0.132. The van der Waals surface area contributed by atoms with Gasteiger partial charge in [-0.25, -0.2) is 4.79 Å². The highest BCUT2D eigenvalue weighted by Gasteiger charge is 2.51. The van der Waals surface area contributed by atoms with Gasteiger partial charge in [0, 0.05) is 25.6 Å². The van der Waals surface area contributed by atoms with Crippen LogP contribution in [0, 0.1) is 5.92 Å². The standard InChI is InChI=1S/C14H20N4O3/c1-14(12(19)17(2)13(20)16-14)10-4-3-7-18(8-10)9-11-5-6-15-21-11/h5-6,10H,3-4,7-9H2,1-2H3,(H,16,20)/t10-,14+/m1/s1. The molecular weight excluding hydrogens is 272 g/mol. The quantitative estimate of drug-likeness (QED) is 0.835. The van der Waals surface area contributed by atoms with E-state index in [4.69, 9.17) is 4.52 Å². The molecule has 1 N–H and O–H groups in total. The molecule has 7 heteroatoms. The molecule has 21 heavy (non-hydrogen) atoms. The van der Waals surface area contributed by atoms with Gasteiger partial charge in [0.15, 0.2) is 5.76 Å². The second-order valence-corrected chi connectivity index (χ2v) is 6.05. The molecule has 2 atom stereocenters. The van der Waals surface area contributed by atoms with Crippen LogP contribution >= 0.6 is 0 Å². The molecule has 0 saturated carbocycles. The fourth-order valence-electron chi connectivity index (χ4n) is 3.29. The van der Waals surface area contributed by atoms with E-state index in [1.807, 2.05) is 13.0 Å². The second-order valence-electron chi connectivity index (χ2n) is 6.05. The number of carbonyl (C=O) groups is 2. The lowest BCUT2D eigenvalue weighted by Crippen LogP contribution is -2.55. The Balaban J connectivity index is 1.71. The van der Waals surface area contributed by atoms with E-state index in [2.05, 4.69) is 15.4 Å². The van der Waals surface area contributed by atoms with Crippen molar-refractivity contribution >= 4 is 11.9 Å². The Hall–Kier alpha value is -1.89. The Morgan fingerprint density at radius 3 is 2.95 bits per heavy atom. The molecule has 0 bridgehead atoms. The molecule has 2 aliphatic heterocycles. The van der Waals surface area contributed by atoms with Crippen molar-refractivity contribution in [1.29, 1.82) is 0 Å². The molecule has 2 aliphatic rings. The van der Waals surface area contributed by atoms with Gasteiger partial charge in [-0.15, -0.1) is 0 Å². The Morgan fingerprint density at radius 2 is 2.33 bits per heavy atom. The van der Waals surface area contributed by atoms with Crippen LogP contribution in [0.3, 0.4) is 0 Å². The molecule has 114 valence electrons. The molecule has 3 amide bonds. The van der Waals surface area contributed by atoms with E-state index in [1.165, 1.54) is 11.9 Å². The first-order valence-electron chi connectivity index (χ1n) is 7.23. The van der Waals surface area contributed by atoms with Gasteiger partial charge in [0.1, 0.15) is 5.54 Å². The summed E-state index contributed by atoms with van der Waals surface area (Å²) in [6.07, 6.45) is 3.57. The van der Waals surface area contributed by atoms with Gasteiger partial charge in [-0.1, -0.05) is 5.16 Å². The third-order valence-electron chi connectivity index (χ3n) is 4.61. The number of likely N-dealkylation sites (tertiary alicyclic amines) is 1. The number of urea groups is 1. The van der Waals surface area contributed by atoms with Crippen LogP contribution in [0.4, 0.5) is 4.79 Å². The number of likely N-dealkylation sites (N-methyl/N-ethyl adjacent to an activating group) is 1. The Labute approximate surface area is 123 Å². The number of carbonyl (C=O) groups excluding carboxylic acids is 2. The number of hydrogen-bond acceptors (Lipinski definition) is 5. The van der Waals surface area contributed by atoms with E-state index < -0.39 is 5.54 Å². The minimum Gasteiger partial charge on any atom is -0.360 e. The number of piperidine rings is 1. The van der Waals surface area contributed by atoms with Gasteiger partial charge in [0.25, 0.3) is 5.91 Å². The van der Waals surface area contributed by atoms with E-state index in [0.717, 1.165) is 31.7 Å². The van der Waals surface area contributed by atoms with Crippen LogP contribution in [0.25, 0.3) is 0 Å². The Morgan fingerprint density at radius 1 is 1.52 bits per heavy atom. The predicted octanol–water partition coefficient (Wildman–Crippen LogP) is 0.827. The number of amides is 3. The van der Waals surface area contributed by atoms with Gasteiger partial charge >= 0.3 is 6.03 Å². The summed E-state index contributed by atoms with van der Waals surface area (Å²) < 4.78 is 5.14. The molecule has 3 heterocycles. The van der Waals surface area contributed by atoms with E-state index >= 15 is 0 Å². The van der Waals surface area contributed by atoms with Crippen molar-refractivity contribution in [2.24, 2.45) is 5.92 Å². The lowest BCUT2D eigenvalue weighted by Gasteiger charge is -2.39. The zero-order chi connectivity index (χ0) is 15.0. The molecule has 2 saturated heterocycles. The highest BCUT2D eigenvalue weighted by molar-refractivity contribution is 6.06. The van der Waals surface area contributed by atoms with Crippen molar-refractivity contribution in [2.45, 2.75) is 31.8 Å². The number of rotatable bonds is 3. The summed E-state index contributed by atoms with van der Waals surface area (Å²) in [5.74, 6) is 0.786. The number of nitrogens with zero attached hydrogens (tertiary/aromatic N) is 3. The zero-order valence-electron chi connectivity index (χ0n) is 12.3. The third-order valence-corrected chi connectivity index (χ3v) is 4.61. The van der Waals surface area contributed by atoms with Crippen molar-refractivity contribution in [3.05, 3.63) is 18.0 Å². The minimum atomic E-state index is -0.800. The maximum absolute atomic E-state index is 12.4. The van der Waals surface area contributed by atoms with Gasteiger partial charge in [0.2, 0.25) is 0 Å². The molecule has 7 nitrogen and oxygen atoms in total. The largest absolute Gasteiger partial charge is 0.360 e. The van der Waals surface area contributed by atoms with Crippen LogP contribution in [-0.4, -0.2) is 52.6 Å².